The van der Waals surface area contributed by atoms with Gasteiger partial charge in [-0.05, 0) is 25.2 Å². The third-order valence-electron chi connectivity index (χ3n) is 11.5. The number of rotatable bonds is 46. The molecule has 0 N–H and O–H groups in total. The number of carbonyl (C=O) groups is 3. The lowest BCUT2D eigenvalue weighted by Crippen LogP contribution is -2.30. The molecule has 0 aliphatic rings. The lowest BCUT2D eigenvalue weighted by atomic mass is 10.0. The largest absolute Gasteiger partial charge is 0.462 e. The van der Waals surface area contributed by atoms with Crippen LogP contribution in [0.3, 0.4) is 0 Å². The summed E-state index contributed by atoms with van der Waals surface area (Å²) >= 11 is 0. The van der Waals surface area contributed by atoms with E-state index in [1.165, 1.54) is 180 Å². The molecule has 1 atom stereocenters. The normalized spacial score (nSPS) is 11.9. The lowest BCUT2D eigenvalue weighted by Gasteiger charge is -2.18. The number of unbranched alkanes of at least 4 members (excludes halogenated alkanes) is 33. The predicted molar refractivity (Wildman–Crippen MR) is 243 cm³/mol. The fraction of sp³-hybridized carbons (Fsp3) is 0.941. The number of ether oxygens (including phenoxy) is 3. The average Bonchev–Trinajstić information content (AvgIpc) is 3.19. The molecule has 338 valence electrons. The molecule has 6 nitrogen and oxygen atoms in total. The van der Waals surface area contributed by atoms with Crippen molar-refractivity contribution in [2.45, 2.75) is 291 Å². The molecule has 0 aromatic carbocycles. The van der Waals surface area contributed by atoms with Gasteiger partial charge in [-0.3, -0.25) is 14.4 Å². The molecule has 0 spiro atoms. The van der Waals surface area contributed by atoms with Crippen LogP contribution in [0.25, 0.3) is 0 Å². The molecule has 0 aromatic heterocycles. The SMILES string of the molecule is CCCCCCCCCCCCCCCCCCC(=O)OC[C@H](COC(=O)CCCCCCCCCCCCCCC)OC(=O)CCCCCCCCCC(C)C. The second-order valence-electron chi connectivity index (χ2n) is 17.9. The van der Waals surface area contributed by atoms with E-state index in [0.717, 1.165) is 63.7 Å². The highest BCUT2D eigenvalue weighted by Gasteiger charge is 2.19. The Bertz CT molecular complexity index is 857. The standard InChI is InChI=1S/C51H98O6/c1-5-7-9-11-13-15-17-19-20-21-23-25-27-31-35-39-43-50(53)56-46-48(57-51(54)44-40-36-32-28-29-33-37-41-47(3)4)45-55-49(52)42-38-34-30-26-24-22-18-16-14-12-10-8-6-2/h47-48H,5-46H2,1-4H3/t48-/m0/s1. The minimum absolute atomic E-state index is 0.0637. The maximum Gasteiger partial charge on any atom is 0.306 e. The van der Waals surface area contributed by atoms with Gasteiger partial charge in [-0.25, -0.2) is 0 Å². The number of hydrogen-bond acceptors (Lipinski definition) is 6. The van der Waals surface area contributed by atoms with Crippen LogP contribution in [-0.2, 0) is 28.6 Å². The summed E-state index contributed by atoms with van der Waals surface area (Å²) in [6.07, 6.45) is 46.6. The fourth-order valence-electron chi connectivity index (χ4n) is 7.69. The van der Waals surface area contributed by atoms with E-state index >= 15 is 0 Å². The van der Waals surface area contributed by atoms with Crippen molar-refractivity contribution in [2.24, 2.45) is 5.92 Å². The Morgan fingerprint density at radius 3 is 0.860 bits per heavy atom. The first-order valence-corrected chi connectivity index (χ1v) is 25.4. The first kappa shape index (κ1) is 55.4. The van der Waals surface area contributed by atoms with Crippen molar-refractivity contribution in [3.05, 3.63) is 0 Å². The van der Waals surface area contributed by atoms with Gasteiger partial charge in [0.05, 0.1) is 0 Å². The van der Waals surface area contributed by atoms with Gasteiger partial charge in [0.1, 0.15) is 13.2 Å². The Hall–Kier alpha value is -1.59. The van der Waals surface area contributed by atoms with Gasteiger partial charge in [0.15, 0.2) is 6.10 Å². The highest BCUT2D eigenvalue weighted by Crippen LogP contribution is 2.17. The Morgan fingerprint density at radius 2 is 0.579 bits per heavy atom. The molecule has 0 aliphatic heterocycles. The predicted octanol–water partition coefficient (Wildman–Crippen LogP) is 16.3. The molecule has 0 bridgehead atoms. The summed E-state index contributed by atoms with van der Waals surface area (Å²) in [7, 11) is 0. The molecular weight excluding hydrogens is 709 g/mol. The molecule has 6 heteroatoms. The highest BCUT2D eigenvalue weighted by molar-refractivity contribution is 5.71. The topological polar surface area (TPSA) is 78.9 Å². The molecule has 0 amide bonds. The summed E-state index contributed by atoms with van der Waals surface area (Å²) in [6, 6.07) is 0. The summed E-state index contributed by atoms with van der Waals surface area (Å²) in [4.78, 5) is 37.8. The van der Waals surface area contributed by atoms with Crippen LogP contribution in [0.15, 0.2) is 0 Å². The second kappa shape index (κ2) is 45.5. The van der Waals surface area contributed by atoms with Gasteiger partial charge < -0.3 is 14.2 Å². The van der Waals surface area contributed by atoms with Crippen molar-refractivity contribution in [3.8, 4) is 0 Å². The zero-order valence-electron chi connectivity index (χ0n) is 38.8. The second-order valence-corrected chi connectivity index (χ2v) is 17.9. The Labute approximate surface area is 355 Å². The van der Waals surface area contributed by atoms with Gasteiger partial charge in [0.2, 0.25) is 0 Å². The molecule has 0 radical (unpaired) electrons. The van der Waals surface area contributed by atoms with Crippen LogP contribution in [0.1, 0.15) is 285 Å². The maximum absolute atomic E-state index is 12.7. The van der Waals surface area contributed by atoms with E-state index in [1.807, 2.05) is 0 Å². The number of carbonyl (C=O) groups excluding carboxylic acids is 3. The van der Waals surface area contributed by atoms with Crippen LogP contribution in [0, 0.1) is 5.92 Å². The molecule has 0 fully saturated rings. The Balaban J connectivity index is 4.27. The van der Waals surface area contributed by atoms with Gasteiger partial charge in [-0.2, -0.15) is 0 Å². The maximum atomic E-state index is 12.7. The van der Waals surface area contributed by atoms with Gasteiger partial charge in [0, 0.05) is 19.3 Å². The van der Waals surface area contributed by atoms with Crippen LogP contribution < -0.4 is 0 Å². The smallest absolute Gasteiger partial charge is 0.306 e. The number of esters is 3. The van der Waals surface area contributed by atoms with Gasteiger partial charge >= 0.3 is 17.9 Å². The first-order chi connectivity index (χ1) is 27.9. The minimum atomic E-state index is -0.760. The molecule has 0 aliphatic carbocycles. The molecule has 0 heterocycles. The quantitative estimate of drug-likeness (QED) is 0.0346. The van der Waals surface area contributed by atoms with Crippen molar-refractivity contribution in [1.82, 2.24) is 0 Å². The molecule has 0 saturated heterocycles. The lowest BCUT2D eigenvalue weighted by molar-refractivity contribution is -0.167. The average molecular weight is 807 g/mol. The van der Waals surface area contributed by atoms with Crippen LogP contribution >= 0.6 is 0 Å². The van der Waals surface area contributed by atoms with Crippen molar-refractivity contribution >= 4 is 17.9 Å². The van der Waals surface area contributed by atoms with Crippen molar-refractivity contribution in [3.63, 3.8) is 0 Å². The van der Waals surface area contributed by atoms with E-state index in [-0.39, 0.29) is 31.1 Å². The minimum Gasteiger partial charge on any atom is -0.462 e. The van der Waals surface area contributed by atoms with Crippen molar-refractivity contribution < 1.29 is 28.6 Å². The summed E-state index contributed by atoms with van der Waals surface area (Å²) < 4.78 is 16.8. The van der Waals surface area contributed by atoms with E-state index in [2.05, 4.69) is 27.7 Å². The van der Waals surface area contributed by atoms with Crippen molar-refractivity contribution in [2.75, 3.05) is 13.2 Å². The summed E-state index contributed by atoms with van der Waals surface area (Å²) in [5.41, 5.74) is 0. The van der Waals surface area contributed by atoms with E-state index in [1.54, 1.807) is 0 Å². The van der Waals surface area contributed by atoms with E-state index in [0.29, 0.717) is 19.3 Å². The van der Waals surface area contributed by atoms with Gasteiger partial charge in [-0.1, -0.05) is 246 Å². The third kappa shape index (κ3) is 45.3. The fourth-order valence-corrected chi connectivity index (χ4v) is 7.69. The Kier molecular flexibility index (Phi) is 44.2. The van der Waals surface area contributed by atoms with Crippen LogP contribution in [0.2, 0.25) is 0 Å². The van der Waals surface area contributed by atoms with Crippen LogP contribution in [-0.4, -0.2) is 37.2 Å². The highest BCUT2D eigenvalue weighted by atomic mass is 16.6. The molecule has 57 heavy (non-hydrogen) atoms. The molecular formula is C51H98O6. The molecule has 0 unspecified atom stereocenters. The number of hydrogen-bond donors (Lipinski definition) is 0. The van der Waals surface area contributed by atoms with Gasteiger partial charge in [0.25, 0.3) is 0 Å². The van der Waals surface area contributed by atoms with Gasteiger partial charge in [-0.15, -0.1) is 0 Å². The van der Waals surface area contributed by atoms with E-state index < -0.39 is 6.10 Å². The van der Waals surface area contributed by atoms with Crippen LogP contribution in [0.4, 0.5) is 0 Å². The zero-order valence-corrected chi connectivity index (χ0v) is 38.8. The van der Waals surface area contributed by atoms with Crippen molar-refractivity contribution in [1.29, 1.82) is 0 Å². The Morgan fingerprint density at radius 1 is 0.333 bits per heavy atom. The molecule has 0 aromatic rings. The van der Waals surface area contributed by atoms with Crippen LogP contribution in [0.5, 0.6) is 0 Å². The molecule has 0 rings (SSSR count). The zero-order chi connectivity index (χ0) is 41.7. The summed E-state index contributed by atoms with van der Waals surface area (Å²) in [5, 5.41) is 0. The summed E-state index contributed by atoms with van der Waals surface area (Å²) in [6.45, 7) is 8.97. The monoisotopic (exact) mass is 807 g/mol. The first-order valence-electron chi connectivity index (χ1n) is 25.4. The summed E-state index contributed by atoms with van der Waals surface area (Å²) in [5.74, 6) is -0.0713. The van der Waals surface area contributed by atoms with E-state index in [4.69, 9.17) is 14.2 Å². The third-order valence-corrected chi connectivity index (χ3v) is 11.5. The molecule has 0 saturated carbocycles. The van der Waals surface area contributed by atoms with E-state index in [9.17, 15) is 14.4 Å².